The van der Waals surface area contributed by atoms with Crippen molar-refractivity contribution < 1.29 is 0 Å². The summed E-state index contributed by atoms with van der Waals surface area (Å²) in [5.74, 6) is 0. The van der Waals surface area contributed by atoms with Gasteiger partial charge in [-0.05, 0) is 13.3 Å². The molecule has 0 saturated carbocycles. The van der Waals surface area contributed by atoms with E-state index in [-0.39, 0.29) is 6.04 Å². The fourth-order valence-electron chi connectivity index (χ4n) is 1.39. The summed E-state index contributed by atoms with van der Waals surface area (Å²) in [5, 5.41) is 0. The van der Waals surface area contributed by atoms with E-state index < -0.39 is 0 Å². The summed E-state index contributed by atoms with van der Waals surface area (Å²) < 4.78 is 0. The molecule has 0 amide bonds. The largest absolute Gasteiger partial charge is 0.324 e. The predicted molar refractivity (Wildman–Crippen MR) is 60.8 cm³/mol. The summed E-state index contributed by atoms with van der Waals surface area (Å²) in [4.78, 5) is 0. The first-order valence-corrected chi connectivity index (χ1v) is 5.59. The zero-order chi connectivity index (χ0) is 10.1. The fraction of sp³-hybridized carbons (Fsp3) is 0.833. The van der Waals surface area contributed by atoms with Crippen molar-refractivity contribution in [3.8, 4) is 0 Å². The van der Waals surface area contributed by atoms with E-state index >= 15 is 0 Å². The lowest BCUT2D eigenvalue weighted by molar-refractivity contribution is 0.563. The van der Waals surface area contributed by atoms with Gasteiger partial charge in [0.1, 0.15) is 0 Å². The molecule has 0 heterocycles. The average Bonchev–Trinajstić information content (AvgIpc) is 2.10. The quantitative estimate of drug-likeness (QED) is 0.451. The van der Waals surface area contributed by atoms with E-state index in [2.05, 4.69) is 13.5 Å². The van der Waals surface area contributed by atoms with Crippen molar-refractivity contribution >= 4 is 0 Å². The van der Waals surface area contributed by atoms with E-state index in [1.807, 2.05) is 6.92 Å². The van der Waals surface area contributed by atoms with Crippen molar-refractivity contribution in [1.29, 1.82) is 0 Å². The van der Waals surface area contributed by atoms with Crippen LogP contribution < -0.4 is 5.73 Å². The molecular weight excluding hydrogens is 158 g/mol. The van der Waals surface area contributed by atoms with E-state index in [9.17, 15) is 0 Å². The van der Waals surface area contributed by atoms with Crippen LogP contribution in [-0.2, 0) is 0 Å². The molecular formula is C12H25N. The van der Waals surface area contributed by atoms with Gasteiger partial charge in [-0.25, -0.2) is 0 Å². The van der Waals surface area contributed by atoms with Gasteiger partial charge in [-0.15, -0.1) is 0 Å². The molecule has 13 heavy (non-hydrogen) atoms. The van der Waals surface area contributed by atoms with Gasteiger partial charge in [-0.1, -0.05) is 57.6 Å². The Morgan fingerprint density at radius 1 is 1.15 bits per heavy atom. The third kappa shape index (κ3) is 8.04. The van der Waals surface area contributed by atoms with Gasteiger partial charge in [-0.3, -0.25) is 0 Å². The van der Waals surface area contributed by atoms with Gasteiger partial charge in [0.25, 0.3) is 0 Å². The molecule has 0 bridgehead atoms. The van der Waals surface area contributed by atoms with Crippen molar-refractivity contribution in [2.24, 2.45) is 5.73 Å². The Hall–Kier alpha value is -0.300. The minimum absolute atomic E-state index is 0.228. The van der Waals surface area contributed by atoms with Crippen LogP contribution in [0.3, 0.4) is 0 Å². The Bertz CT molecular complexity index is 129. The molecule has 0 aliphatic rings. The highest BCUT2D eigenvalue weighted by atomic mass is 14.6. The van der Waals surface area contributed by atoms with Crippen LogP contribution in [0.2, 0.25) is 0 Å². The predicted octanol–water partition coefficient (Wildman–Crippen LogP) is 3.64. The lowest BCUT2D eigenvalue weighted by atomic mass is 10.0. The fourth-order valence-corrected chi connectivity index (χ4v) is 1.39. The molecule has 2 N–H and O–H groups in total. The highest BCUT2D eigenvalue weighted by molar-refractivity contribution is 4.99. The third-order valence-electron chi connectivity index (χ3n) is 2.50. The summed E-state index contributed by atoms with van der Waals surface area (Å²) in [6.45, 7) is 8.12. The Morgan fingerprint density at radius 3 is 2.23 bits per heavy atom. The maximum Gasteiger partial charge on any atom is 0.0248 e. The lowest BCUT2D eigenvalue weighted by Crippen LogP contribution is -2.20. The minimum Gasteiger partial charge on any atom is -0.324 e. The first-order valence-electron chi connectivity index (χ1n) is 5.59. The van der Waals surface area contributed by atoms with Gasteiger partial charge in [0.15, 0.2) is 0 Å². The minimum atomic E-state index is 0.228. The van der Waals surface area contributed by atoms with Crippen LogP contribution in [0.15, 0.2) is 12.2 Å². The standard InChI is InChI=1S/C12H25N/c1-4-5-6-7-8-9-10-12(13)11(2)3/h12H,2,4-10,13H2,1,3H3. The van der Waals surface area contributed by atoms with Crippen LogP contribution in [0, 0.1) is 0 Å². The highest BCUT2D eigenvalue weighted by Gasteiger charge is 2.01. The number of nitrogens with two attached hydrogens (primary N) is 1. The number of rotatable bonds is 8. The Labute approximate surface area is 83.4 Å². The van der Waals surface area contributed by atoms with E-state index in [4.69, 9.17) is 5.73 Å². The topological polar surface area (TPSA) is 26.0 Å². The van der Waals surface area contributed by atoms with E-state index in [1.165, 1.54) is 38.5 Å². The molecule has 0 aromatic carbocycles. The summed E-state index contributed by atoms with van der Waals surface area (Å²) in [7, 11) is 0. The average molecular weight is 183 g/mol. The van der Waals surface area contributed by atoms with Crippen molar-refractivity contribution in [2.75, 3.05) is 0 Å². The van der Waals surface area contributed by atoms with Crippen LogP contribution in [0.25, 0.3) is 0 Å². The zero-order valence-corrected chi connectivity index (χ0v) is 9.31. The monoisotopic (exact) mass is 183 g/mol. The molecule has 0 aromatic rings. The molecule has 1 heteroatoms. The molecule has 0 aliphatic carbocycles. The normalized spacial score (nSPS) is 12.8. The Balaban J connectivity index is 3.11. The van der Waals surface area contributed by atoms with E-state index in [0.717, 1.165) is 12.0 Å². The van der Waals surface area contributed by atoms with Gasteiger partial charge >= 0.3 is 0 Å². The molecule has 78 valence electrons. The smallest absolute Gasteiger partial charge is 0.0248 e. The highest BCUT2D eigenvalue weighted by Crippen LogP contribution is 2.10. The molecule has 1 nitrogen and oxygen atoms in total. The van der Waals surface area contributed by atoms with Crippen LogP contribution in [0.1, 0.15) is 58.8 Å². The molecule has 1 unspecified atom stereocenters. The molecule has 0 aliphatic heterocycles. The van der Waals surface area contributed by atoms with Crippen LogP contribution in [-0.4, -0.2) is 6.04 Å². The molecule has 0 saturated heterocycles. The van der Waals surface area contributed by atoms with Gasteiger partial charge in [-0.2, -0.15) is 0 Å². The Morgan fingerprint density at radius 2 is 1.69 bits per heavy atom. The number of hydrogen-bond acceptors (Lipinski definition) is 1. The van der Waals surface area contributed by atoms with Crippen LogP contribution in [0.5, 0.6) is 0 Å². The molecule has 0 fully saturated rings. The van der Waals surface area contributed by atoms with Crippen LogP contribution in [0.4, 0.5) is 0 Å². The second-order valence-electron chi connectivity index (χ2n) is 4.01. The molecule has 1 atom stereocenters. The van der Waals surface area contributed by atoms with Crippen molar-refractivity contribution in [3.05, 3.63) is 12.2 Å². The maximum absolute atomic E-state index is 5.86. The molecule has 0 radical (unpaired) electrons. The van der Waals surface area contributed by atoms with Crippen LogP contribution >= 0.6 is 0 Å². The third-order valence-corrected chi connectivity index (χ3v) is 2.50. The second-order valence-corrected chi connectivity index (χ2v) is 4.01. The van der Waals surface area contributed by atoms with Gasteiger partial charge in [0, 0.05) is 6.04 Å². The molecule has 0 spiro atoms. The number of unbranched alkanes of at least 4 members (excludes halogenated alkanes) is 5. The maximum atomic E-state index is 5.86. The summed E-state index contributed by atoms with van der Waals surface area (Å²) in [6, 6.07) is 0.228. The van der Waals surface area contributed by atoms with Crippen molar-refractivity contribution in [2.45, 2.75) is 64.8 Å². The summed E-state index contributed by atoms with van der Waals surface area (Å²) in [5.41, 5.74) is 6.98. The van der Waals surface area contributed by atoms with Crippen molar-refractivity contribution in [1.82, 2.24) is 0 Å². The van der Waals surface area contributed by atoms with E-state index in [1.54, 1.807) is 0 Å². The van der Waals surface area contributed by atoms with Gasteiger partial charge < -0.3 is 5.73 Å². The van der Waals surface area contributed by atoms with Gasteiger partial charge in [0.05, 0.1) is 0 Å². The summed E-state index contributed by atoms with van der Waals surface area (Å²) in [6.07, 6.45) is 9.17. The van der Waals surface area contributed by atoms with Crippen molar-refractivity contribution in [3.63, 3.8) is 0 Å². The zero-order valence-electron chi connectivity index (χ0n) is 9.31. The van der Waals surface area contributed by atoms with Gasteiger partial charge in [0.2, 0.25) is 0 Å². The summed E-state index contributed by atoms with van der Waals surface area (Å²) >= 11 is 0. The SMILES string of the molecule is C=C(C)C(N)CCCCCCCC. The molecule has 0 rings (SSSR count). The van der Waals surface area contributed by atoms with E-state index in [0.29, 0.717) is 0 Å². The second kappa shape index (κ2) is 8.31. The lowest BCUT2D eigenvalue weighted by Gasteiger charge is -2.10. The molecule has 0 aromatic heterocycles. The number of hydrogen-bond donors (Lipinski definition) is 1. The first-order chi connectivity index (χ1) is 6.18. The Kier molecular flexibility index (Phi) is 8.11. The first kappa shape index (κ1) is 12.7.